The molecule has 0 bridgehead atoms. The van der Waals surface area contributed by atoms with E-state index >= 15 is 0 Å². The predicted octanol–water partition coefficient (Wildman–Crippen LogP) is 2.21. The summed E-state index contributed by atoms with van der Waals surface area (Å²) in [5.41, 5.74) is 2.37. The lowest BCUT2D eigenvalue weighted by molar-refractivity contribution is -0.386. The number of nitro groups is 1. The summed E-state index contributed by atoms with van der Waals surface area (Å²) in [6.45, 7) is 9.86. The Morgan fingerprint density at radius 1 is 1.33 bits per heavy atom. The predicted molar refractivity (Wildman–Crippen MR) is 88.8 cm³/mol. The summed E-state index contributed by atoms with van der Waals surface area (Å²) >= 11 is 0. The third-order valence-corrected chi connectivity index (χ3v) is 4.08. The molecule has 9 heteroatoms. The monoisotopic (exact) mass is 334 g/mol. The van der Waals surface area contributed by atoms with E-state index in [1.54, 1.807) is 31.6 Å². The average Bonchev–Trinajstić information content (AvgIpc) is 2.99. The van der Waals surface area contributed by atoms with Crippen molar-refractivity contribution in [3.05, 3.63) is 33.4 Å². The maximum Gasteiger partial charge on any atom is 0.312 e. The van der Waals surface area contributed by atoms with Gasteiger partial charge in [-0.2, -0.15) is 10.2 Å². The average molecular weight is 334 g/mol. The van der Waals surface area contributed by atoms with Crippen LogP contribution in [0.5, 0.6) is 0 Å². The highest BCUT2D eigenvalue weighted by Crippen LogP contribution is 2.23. The number of hydrogen-bond donors (Lipinski definition) is 1. The summed E-state index contributed by atoms with van der Waals surface area (Å²) in [6.07, 6.45) is 1.62. The van der Waals surface area contributed by atoms with E-state index in [4.69, 9.17) is 0 Å². The molecule has 1 N–H and O–H groups in total. The molecule has 9 nitrogen and oxygen atoms in total. The van der Waals surface area contributed by atoms with Crippen molar-refractivity contribution in [3.8, 4) is 0 Å². The quantitative estimate of drug-likeness (QED) is 0.643. The van der Waals surface area contributed by atoms with Crippen LogP contribution in [0.15, 0.2) is 6.20 Å². The van der Waals surface area contributed by atoms with E-state index < -0.39 is 10.8 Å². The second kappa shape index (κ2) is 6.81. The van der Waals surface area contributed by atoms with Gasteiger partial charge in [0, 0.05) is 6.54 Å². The molecule has 0 aliphatic rings. The molecule has 0 radical (unpaired) electrons. The van der Waals surface area contributed by atoms with E-state index in [0.29, 0.717) is 17.1 Å². The van der Waals surface area contributed by atoms with Crippen LogP contribution in [0.3, 0.4) is 0 Å². The molecule has 0 aliphatic heterocycles. The van der Waals surface area contributed by atoms with Crippen molar-refractivity contribution in [3.63, 3.8) is 0 Å². The number of amides is 1. The zero-order valence-electron chi connectivity index (χ0n) is 14.5. The van der Waals surface area contributed by atoms with Crippen LogP contribution in [0.4, 0.5) is 11.4 Å². The SMILES string of the molecule is CCn1ncc(NC(=O)C(C)Cn2nc(C)c([N+](=O)[O-])c2C)c1C. The van der Waals surface area contributed by atoms with E-state index in [9.17, 15) is 14.9 Å². The standard InChI is InChI=1S/C15H22N6O3/c1-6-19-11(4)13(7-16-19)17-15(22)9(2)8-20-12(5)14(21(23)24)10(3)18-20/h7,9H,6,8H2,1-5H3,(H,17,22). The third kappa shape index (κ3) is 3.29. The lowest BCUT2D eigenvalue weighted by Gasteiger charge is -2.13. The molecule has 0 spiro atoms. The molecule has 0 aromatic carbocycles. The number of carbonyl (C=O) groups is 1. The number of aryl methyl sites for hydroxylation is 2. The van der Waals surface area contributed by atoms with E-state index in [0.717, 1.165) is 12.2 Å². The van der Waals surface area contributed by atoms with E-state index in [-0.39, 0.29) is 18.1 Å². The van der Waals surface area contributed by atoms with Crippen molar-refractivity contribution >= 4 is 17.3 Å². The minimum absolute atomic E-state index is 0.00248. The van der Waals surface area contributed by atoms with E-state index in [1.165, 1.54) is 4.68 Å². The van der Waals surface area contributed by atoms with Gasteiger partial charge in [0.1, 0.15) is 11.4 Å². The Hall–Kier alpha value is -2.71. The molecule has 130 valence electrons. The van der Waals surface area contributed by atoms with Gasteiger partial charge in [-0.15, -0.1) is 0 Å². The van der Waals surface area contributed by atoms with Crippen molar-refractivity contribution in [1.29, 1.82) is 0 Å². The molecular formula is C15H22N6O3. The molecule has 2 aromatic rings. The Balaban J connectivity index is 2.10. The second-order valence-electron chi connectivity index (χ2n) is 5.81. The van der Waals surface area contributed by atoms with Crippen LogP contribution in [-0.2, 0) is 17.9 Å². The van der Waals surface area contributed by atoms with Crippen LogP contribution in [0.1, 0.15) is 30.9 Å². The Kier molecular flexibility index (Phi) is 5.01. The molecule has 0 aliphatic carbocycles. The van der Waals surface area contributed by atoms with Crippen molar-refractivity contribution in [2.75, 3.05) is 5.32 Å². The van der Waals surface area contributed by atoms with E-state index in [1.807, 2.05) is 13.8 Å². The summed E-state index contributed by atoms with van der Waals surface area (Å²) in [5.74, 6) is -0.573. The number of anilines is 1. The van der Waals surface area contributed by atoms with Gasteiger partial charge in [-0.1, -0.05) is 6.92 Å². The lowest BCUT2D eigenvalue weighted by Crippen LogP contribution is -2.25. The molecule has 0 saturated carbocycles. The fourth-order valence-electron chi connectivity index (χ4n) is 2.62. The molecule has 2 aromatic heterocycles. The lowest BCUT2D eigenvalue weighted by atomic mass is 10.1. The Labute approximate surface area is 139 Å². The van der Waals surface area contributed by atoms with E-state index in [2.05, 4.69) is 15.5 Å². The summed E-state index contributed by atoms with van der Waals surface area (Å²) in [7, 11) is 0. The van der Waals surface area contributed by atoms with Crippen LogP contribution in [0, 0.1) is 36.8 Å². The Bertz CT molecular complexity index is 777. The van der Waals surface area contributed by atoms with Crippen molar-refractivity contribution in [1.82, 2.24) is 19.6 Å². The zero-order chi connectivity index (χ0) is 18.0. The van der Waals surface area contributed by atoms with Gasteiger partial charge < -0.3 is 5.32 Å². The fourth-order valence-corrected chi connectivity index (χ4v) is 2.62. The van der Waals surface area contributed by atoms with Crippen LogP contribution in [-0.4, -0.2) is 30.4 Å². The van der Waals surface area contributed by atoms with Gasteiger partial charge >= 0.3 is 5.69 Å². The number of carbonyl (C=O) groups excluding carboxylic acids is 1. The van der Waals surface area contributed by atoms with Gasteiger partial charge in [-0.25, -0.2) is 0 Å². The smallest absolute Gasteiger partial charge is 0.312 e. The van der Waals surface area contributed by atoms with Gasteiger partial charge in [-0.05, 0) is 27.7 Å². The van der Waals surface area contributed by atoms with Crippen LogP contribution >= 0.6 is 0 Å². The number of aromatic nitrogens is 4. The fraction of sp³-hybridized carbons (Fsp3) is 0.533. The molecule has 1 unspecified atom stereocenters. The minimum atomic E-state index is -0.443. The highest BCUT2D eigenvalue weighted by atomic mass is 16.6. The minimum Gasteiger partial charge on any atom is -0.323 e. The summed E-state index contributed by atoms with van der Waals surface area (Å²) < 4.78 is 3.31. The first-order valence-electron chi connectivity index (χ1n) is 7.77. The van der Waals surface area contributed by atoms with Crippen molar-refractivity contribution < 1.29 is 9.72 Å². The summed E-state index contributed by atoms with van der Waals surface area (Å²) in [4.78, 5) is 23.0. The molecule has 1 atom stereocenters. The van der Waals surface area contributed by atoms with Crippen molar-refractivity contribution in [2.24, 2.45) is 5.92 Å². The first-order valence-corrected chi connectivity index (χ1v) is 7.77. The topological polar surface area (TPSA) is 108 Å². The molecule has 2 rings (SSSR count). The Morgan fingerprint density at radius 2 is 2.00 bits per heavy atom. The molecular weight excluding hydrogens is 312 g/mol. The van der Waals surface area contributed by atoms with Crippen LogP contribution < -0.4 is 5.32 Å². The highest BCUT2D eigenvalue weighted by Gasteiger charge is 2.24. The zero-order valence-corrected chi connectivity index (χ0v) is 14.5. The molecule has 0 fully saturated rings. The first kappa shape index (κ1) is 17.6. The molecule has 24 heavy (non-hydrogen) atoms. The van der Waals surface area contributed by atoms with Gasteiger partial charge in [0.2, 0.25) is 5.91 Å². The number of hydrogen-bond acceptors (Lipinski definition) is 5. The van der Waals surface area contributed by atoms with Crippen molar-refractivity contribution in [2.45, 2.75) is 47.7 Å². The van der Waals surface area contributed by atoms with Gasteiger partial charge in [0.15, 0.2) is 0 Å². The third-order valence-electron chi connectivity index (χ3n) is 4.08. The summed E-state index contributed by atoms with van der Waals surface area (Å²) in [5, 5.41) is 22.3. The van der Waals surface area contributed by atoms with Crippen LogP contribution in [0.25, 0.3) is 0 Å². The summed E-state index contributed by atoms with van der Waals surface area (Å²) in [6, 6.07) is 0. The highest BCUT2D eigenvalue weighted by molar-refractivity contribution is 5.92. The maximum absolute atomic E-state index is 12.4. The second-order valence-corrected chi connectivity index (χ2v) is 5.81. The van der Waals surface area contributed by atoms with Gasteiger partial charge in [0.05, 0.1) is 35.0 Å². The normalized spacial score (nSPS) is 12.2. The largest absolute Gasteiger partial charge is 0.323 e. The first-order chi connectivity index (χ1) is 11.3. The maximum atomic E-state index is 12.4. The molecule has 1 amide bonds. The molecule has 0 saturated heterocycles. The van der Waals surface area contributed by atoms with Gasteiger partial charge in [0.25, 0.3) is 0 Å². The number of nitrogens with zero attached hydrogens (tertiary/aromatic N) is 5. The molecule has 2 heterocycles. The van der Waals surface area contributed by atoms with Crippen LogP contribution in [0.2, 0.25) is 0 Å². The van der Waals surface area contributed by atoms with Gasteiger partial charge in [-0.3, -0.25) is 24.3 Å². The number of rotatable bonds is 6. The Morgan fingerprint density at radius 3 is 2.50 bits per heavy atom. The number of nitrogens with one attached hydrogen (secondary N) is 1.